The molecule has 2 aromatic rings. The Morgan fingerprint density at radius 2 is 1.67 bits per heavy atom. The van der Waals surface area contributed by atoms with Gasteiger partial charge in [-0.05, 0) is 23.3 Å². The maximum Gasteiger partial charge on any atom is 0.433 e. The Hall–Kier alpha value is -1.88. The Bertz CT molecular complexity index is 538. The highest BCUT2D eigenvalue weighted by Crippen LogP contribution is 2.31. The van der Waals surface area contributed by atoms with E-state index < -0.39 is 18.5 Å². The lowest BCUT2D eigenvalue weighted by Gasteiger charge is -2.10. The molecule has 0 saturated heterocycles. The van der Waals surface area contributed by atoms with Gasteiger partial charge in [0.15, 0.2) is 0 Å². The van der Waals surface area contributed by atoms with E-state index in [1.54, 1.807) is 30.3 Å². The van der Waals surface area contributed by atoms with E-state index in [1.165, 1.54) is 6.07 Å². The average molecular weight is 253 g/mol. The van der Waals surface area contributed by atoms with Gasteiger partial charge in [-0.2, -0.15) is 13.2 Å². The van der Waals surface area contributed by atoms with Crippen LogP contribution in [0, 0.1) is 0 Å². The summed E-state index contributed by atoms with van der Waals surface area (Å²) in [6, 6.07) is 11.1. The summed E-state index contributed by atoms with van der Waals surface area (Å²) in [6.45, 7) is -0.524. The molecule has 2 nitrogen and oxygen atoms in total. The van der Waals surface area contributed by atoms with Gasteiger partial charge in [-0.1, -0.05) is 30.3 Å². The minimum atomic E-state index is -4.52. The minimum Gasteiger partial charge on any atom is -0.390 e. The topological polar surface area (TPSA) is 33.1 Å². The number of nitrogens with zero attached hydrogens (tertiary/aromatic N) is 1. The first-order valence-electron chi connectivity index (χ1n) is 5.25. The van der Waals surface area contributed by atoms with Crippen LogP contribution in [0.25, 0.3) is 11.1 Å². The molecule has 0 spiro atoms. The second kappa shape index (κ2) is 4.78. The van der Waals surface area contributed by atoms with Crippen molar-refractivity contribution in [3.8, 4) is 11.1 Å². The van der Waals surface area contributed by atoms with Crippen LogP contribution in [-0.2, 0) is 12.8 Å². The fraction of sp³-hybridized carbons (Fsp3) is 0.154. The zero-order valence-corrected chi connectivity index (χ0v) is 9.28. The molecule has 0 aliphatic carbocycles. The standard InChI is InChI=1S/C13H10F3NO/c14-13(15,16)12-7-10(6-11(8-18)17-12)9-4-2-1-3-5-9/h1-7,18H,8H2. The molecular formula is C13H10F3NO. The molecule has 2 rings (SSSR count). The number of hydrogen-bond donors (Lipinski definition) is 1. The largest absolute Gasteiger partial charge is 0.433 e. The van der Waals surface area contributed by atoms with Gasteiger partial charge in [0.25, 0.3) is 0 Å². The normalized spacial score (nSPS) is 11.6. The van der Waals surface area contributed by atoms with Gasteiger partial charge in [-0.3, -0.25) is 0 Å². The number of rotatable bonds is 2. The van der Waals surface area contributed by atoms with Crippen molar-refractivity contribution >= 4 is 0 Å². The van der Waals surface area contributed by atoms with Gasteiger partial charge in [-0.15, -0.1) is 0 Å². The molecule has 0 unspecified atom stereocenters. The van der Waals surface area contributed by atoms with E-state index in [4.69, 9.17) is 5.11 Å². The molecule has 18 heavy (non-hydrogen) atoms. The van der Waals surface area contributed by atoms with Gasteiger partial charge in [0, 0.05) is 0 Å². The monoisotopic (exact) mass is 253 g/mol. The van der Waals surface area contributed by atoms with Gasteiger partial charge in [0.05, 0.1) is 12.3 Å². The molecule has 94 valence electrons. The summed E-state index contributed by atoms with van der Waals surface area (Å²) >= 11 is 0. The maximum absolute atomic E-state index is 12.7. The zero-order chi connectivity index (χ0) is 13.2. The summed E-state index contributed by atoms with van der Waals surface area (Å²) in [5.41, 5.74) is 0.0543. The van der Waals surface area contributed by atoms with Gasteiger partial charge >= 0.3 is 6.18 Å². The number of aliphatic hydroxyl groups excluding tert-OH is 1. The van der Waals surface area contributed by atoms with Crippen molar-refractivity contribution in [2.24, 2.45) is 0 Å². The third-order valence-electron chi connectivity index (χ3n) is 2.44. The number of hydrogen-bond acceptors (Lipinski definition) is 2. The summed E-state index contributed by atoms with van der Waals surface area (Å²) in [5, 5.41) is 8.97. The molecule has 0 aliphatic heterocycles. The van der Waals surface area contributed by atoms with Crippen LogP contribution < -0.4 is 0 Å². The fourth-order valence-corrected chi connectivity index (χ4v) is 1.61. The Kier molecular flexibility index (Phi) is 3.34. The molecule has 5 heteroatoms. The molecule has 1 N–H and O–H groups in total. The molecule has 0 bridgehead atoms. The van der Waals surface area contributed by atoms with E-state index in [2.05, 4.69) is 4.98 Å². The molecule has 1 heterocycles. The van der Waals surface area contributed by atoms with Crippen molar-refractivity contribution in [3.63, 3.8) is 0 Å². The van der Waals surface area contributed by atoms with Gasteiger partial charge < -0.3 is 5.11 Å². The number of alkyl halides is 3. The number of benzene rings is 1. The van der Waals surface area contributed by atoms with E-state index in [0.29, 0.717) is 11.1 Å². The van der Waals surface area contributed by atoms with Crippen LogP contribution >= 0.6 is 0 Å². The molecule has 0 saturated carbocycles. The number of aliphatic hydroxyl groups is 1. The Balaban J connectivity index is 2.55. The van der Waals surface area contributed by atoms with Crippen LogP contribution in [0.1, 0.15) is 11.4 Å². The fourth-order valence-electron chi connectivity index (χ4n) is 1.61. The van der Waals surface area contributed by atoms with Gasteiger partial charge in [0.1, 0.15) is 5.69 Å². The summed E-state index contributed by atoms with van der Waals surface area (Å²) in [7, 11) is 0. The van der Waals surface area contributed by atoms with Gasteiger partial charge in [-0.25, -0.2) is 4.98 Å². The molecule has 1 aromatic heterocycles. The summed E-state index contributed by atoms with van der Waals surface area (Å²) < 4.78 is 38.0. The number of pyridine rings is 1. The molecular weight excluding hydrogens is 243 g/mol. The van der Waals surface area contributed by atoms with Crippen molar-refractivity contribution in [2.45, 2.75) is 12.8 Å². The van der Waals surface area contributed by atoms with E-state index in [-0.39, 0.29) is 5.69 Å². The highest BCUT2D eigenvalue weighted by Gasteiger charge is 2.33. The summed E-state index contributed by atoms with van der Waals surface area (Å²) in [5.74, 6) is 0. The van der Waals surface area contributed by atoms with Crippen LogP contribution in [0.15, 0.2) is 42.5 Å². The molecule has 0 radical (unpaired) electrons. The average Bonchev–Trinajstić information content (AvgIpc) is 2.38. The molecule has 0 atom stereocenters. The third kappa shape index (κ3) is 2.68. The summed E-state index contributed by atoms with van der Waals surface area (Å²) in [6.07, 6.45) is -4.52. The minimum absolute atomic E-state index is 0.00341. The highest BCUT2D eigenvalue weighted by atomic mass is 19.4. The Labute approximate surface area is 102 Å². The van der Waals surface area contributed by atoms with Crippen LogP contribution in [0.3, 0.4) is 0 Å². The SMILES string of the molecule is OCc1cc(-c2ccccc2)cc(C(F)(F)F)n1. The quantitative estimate of drug-likeness (QED) is 0.891. The lowest BCUT2D eigenvalue weighted by atomic mass is 10.0. The predicted octanol–water partition coefficient (Wildman–Crippen LogP) is 3.26. The van der Waals surface area contributed by atoms with Crippen LogP contribution in [0.5, 0.6) is 0 Å². The number of aromatic nitrogens is 1. The maximum atomic E-state index is 12.7. The van der Waals surface area contributed by atoms with Gasteiger partial charge in [0.2, 0.25) is 0 Å². The van der Waals surface area contributed by atoms with Crippen molar-refractivity contribution in [1.82, 2.24) is 4.98 Å². The predicted molar refractivity (Wildman–Crippen MR) is 60.6 cm³/mol. The van der Waals surface area contributed by atoms with Crippen molar-refractivity contribution in [1.29, 1.82) is 0 Å². The first-order chi connectivity index (χ1) is 8.50. The second-order valence-electron chi connectivity index (χ2n) is 3.75. The lowest BCUT2D eigenvalue weighted by molar-refractivity contribution is -0.141. The lowest BCUT2D eigenvalue weighted by Crippen LogP contribution is -2.10. The van der Waals surface area contributed by atoms with Crippen molar-refractivity contribution in [3.05, 3.63) is 53.9 Å². The first kappa shape index (κ1) is 12.6. The van der Waals surface area contributed by atoms with E-state index in [0.717, 1.165) is 6.07 Å². The van der Waals surface area contributed by atoms with Crippen LogP contribution in [0.4, 0.5) is 13.2 Å². The zero-order valence-electron chi connectivity index (χ0n) is 9.28. The molecule has 0 amide bonds. The van der Waals surface area contributed by atoms with Crippen molar-refractivity contribution < 1.29 is 18.3 Å². The van der Waals surface area contributed by atoms with Crippen LogP contribution in [0.2, 0.25) is 0 Å². The highest BCUT2D eigenvalue weighted by molar-refractivity contribution is 5.64. The third-order valence-corrected chi connectivity index (χ3v) is 2.44. The first-order valence-corrected chi connectivity index (χ1v) is 5.25. The van der Waals surface area contributed by atoms with Crippen molar-refractivity contribution in [2.75, 3.05) is 0 Å². The van der Waals surface area contributed by atoms with E-state index in [1.807, 2.05) is 0 Å². The van der Waals surface area contributed by atoms with Crippen LogP contribution in [-0.4, -0.2) is 10.1 Å². The smallest absolute Gasteiger partial charge is 0.390 e. The number of halogens is 3. The van der Waals surface area contributed by atoms with E-state index in [9.17, 15) is 13.2 Å². The molecule has 0 aliphatic rings. The second-order valence-corrected chi connectivity index (χ2v) is 3.75. The van der Waals surface area contributed by atoms with E-state index >= 15 is 0 Å². The Morgan fingerprint density at radius 1 is 1.00 bits per heavy atom. The summed E-state index contributed by atoms with van der Waals surface area (Å²) in [4.78, 5) is 3.37. The molecule has 1 aromatic carbocycles. The molecule has 0 fully saturated rings. The Morgan fingerprint density at radius 3 is 2.22 bits per heavy atom.